The Balaban J connectivity index is -0.0000000200. The van der Waals surface area contributed by atoms with E-state index in [-0.39, 0.29) is 46.8 Å². The summed E-state index contributed by atoms with van der Waals surface area (Å²) >= 11 is 0. The Hall–Kier alpha value is 0.835. The third-order valence-electron chi connectivity index (χ3n) is 0. The first-order valence-corrected chi connectivity index (χ1v) is 0.512. The van der Waals surface area contributed by atoms with Crippen LogP contribution < -0.4 is 5.73 Å². The van der Waals surface area contributed by atoms with Gasteiger partial charge in [0, 0.05) is 27.3 Å². The summed E-state index contributed by atoms with van der Waals surface area (Å²) in [6.45, 7) is 0. The number of nitrogens with zero attached hydrogens (tertiary/aromatic N) is 1. The summed E-state index contributed by atoms with van der Waals surface area (Å²) in [5.41, 5.74) is 4.15. The minimum absolute atomic E-state index is 0. The van der Waals surface area contributed by atoms with Gasteiger partial charge in [0.1, 0.15) is 0 Å². The molecule has 0 bridgehead atoms. The van der Waals surface area contributed by atoms with Gasteiger partial charge in [-0.3, -0.25) is 0 Å². The van der Waals surface area contributed by atoms with Gasteiger partial charge in [0.05, 0.1) is 0 Å². The van der Waals surface area contributed by atoms with E-state index in [0.29, 0.717) is 0 Å². The van der Waals surface area contributed by atoms with E-state index in [0.717, 1.165) is 0 Å². The van der Waals surface area contributed by atoms with Gasteiger partial charge in [-0.05, 0) is 0 Å². The van der Waals surface area contributed by atoms with Gasteiger partial charge in [-0.1, -0.05) is 0 Å². The maximum Gasteiger partial charge on any atom is 2.00 e. The van der Waals surface area contributed by atoms with Crippen molar-refractivity contribution in [3.05, 3.63) is 0 Å². The molecule has 0 aromatic carbocycles. The number of nitriles is 1. The minimum Gasteiger partial charge on any atom is -0.337 e. The summed E-state index contributed by atoms with van der Waals surface area (Å²) in [4.78, 5) is 0. The molecule has 0 aliphatic rings. The molecule has 5 heavy (non-hydrogen) atoms. The van der Waals surface area contributed by atoms with Crippen LogP contribution in [0.2, 0.25) is 0 Å². The molecule has 0 aliphatic carbocycles. The molecule has 0 aromatic rings. The van der Waals surface area contributed by atoms with Gasteiger partial charge < -0.3 is 5.73 Å². The zero-order valence-electron chi connectivity index (χ0n) is 2.73. The van der Waals surface area contributed by atoms with Gasteiger partial charge in [0.25, 0.3) is 0 Å². The van der Waals surface area contributed by atoms with Crippen molar-refractivity contribution in [3.8, 4) is 6.19 Å². The molecule has 0 atom stereocenters. The fourth-order valence-electron chi connectivity index (χ4n) is 0. The van der Waals surface area contributed by atoms with Crippen LogP contribution in [0.3, 0.4) is 0 Å². The topological polar surface area (TPSA) is 49.8 Å². The van der Waals surface area contributed by atoms with Crippen molar-refractivity contribution in [2.75, 3.05) is 0 Å². The van der Waals surface area contributed by atoms with Crippen molar-refractivity contribution < 1.29 is 19.5 Å². The second-order valence-electron chi connectivity index (χ2n) is 0.129. The summed E-state index contributed by atoms with van der Waals surface area (Å²) in [6.07, 6.45) is 1.25. The summed E-state index contributed by atoms with van der Waals surface area (Å²) < 4.78 is 0. The predicted octanol–water partition coefficient (Wildman–Crippen LogP) is -0.957. The first-order chi connectivity index (χ1) is 1.41. The summed E-state index contributed by atoms with van der Waals surface area (Å²) in [7, 11) is 0. The smallest absolute Gasteiger partial charge is 0.337 e. The molecule has 20 valence electrons. The van der Waals surface area contributed by atoms with E-state index in [9.17, 15) is 0 Å². The maximum absolute atomic E-state index is 7.10. The third-order valence-corrected chi connectivity index (χ3v) is 0. The van der Waals surface area contributed by atoms with Crippen LogP contribution in [0.25, 0.3) is 0 Å². The molecule has 0 rings (SSSR count). The van der Waals surface area contributed by atoms with Gasteiger partial charge in [0.2, 0.25) is 0 Å². The second kappa shape index (κ2) is 21.1. The first kappa shape index (κ1) is 17.0. The predicted molar refractivity (Wildman–Crippen MR) is 15.6 cm³/mol. The molecule has 0 amide bonds. The van der Waals surface area contributed by atoms with Crippen molar-refractivity contribution >= 4 is 27.3 Å². The Morgan fingerprint density at radius 3 is 1.60 bits per heavy atom. The van der Waals surface area contributed by atoms with E-state index >= 15 is 0 Å². The number of rotatable bonds is 0. The van der Waals surface area contributed by atoms with E-state index in [1.54, 1.807) is 0 Å². The van der Waals surface area contributed by atoms with Crippen LogP contribution in [-0.2, 0) is 19.5 Å². The number of hydrogen-bond acceptors (Lipinski definition) is 2. The zero-order chi connectivity index (χ0) is 2.71. The average Bonchev–Trinajstić information content (AvgIpc) is 0.918. The fraction of sp³-hybridized carbons (Fsp3) is 0. The van der Waals surface area contributed by atoms with Crippen molar-refractivity contribution in [3.63, 3.8) is 0 Å². The molecule has 4 heteroatoms. The van der Waals surface area contributed by atoms with Gasteiger partial charge >= 0.3 is 19.5 Å². The SMILES string of the molecule is N#CN.[Pb].[Zn+2]. The van der Waals surface area contributed by atoms with E-state index in [1.165, 1.54) is 6.19 Å². The standard InChI is InChI=1S/CH2N2.Pb.Zn/c2-1-3;;/h2H2;;/q;;+2. The fourth-order valence-corrected chi connectivity index (χ4v) is 0. The van der Waals surface area contributed by atoms with Gasteiger partial charge in [-0.25, -0.2) is 0 Å². The zero-order valence-corrected chi connectivity index (χ0v) is 9.59. The molecule has 0 saturated heterocycles. The molecule has 0 aliphatic heterocycles. The Bertz CT molecular complexity index is 31.1. The molecule has 2 N–H and O–H groups in total. The van der Waals surface area contributed by atoms with Crippen LogP contribution in [0, 0.1) is 11.5 Å². The second-order valence-corrected chi connectivity index (χ2v) is 0.129. The molecular weight excluding hydrogens is 313 g/mol. The van der Waals surface area contributed by atoms with Crippen LogP contribution in [0.5, 0.6) is 0 Å². The Morgan fingerprint density at radius 2 is 1.60 bits per heavy atom. The van der Waals surface area contributed by atoms with Crippen LogP contribution in [-0.4, -0.2) is 27.3 Å². The third kappa shape index (κ3) is 55.7. The maximum atomic E-state index is 7.10. The molecule has 0 aromatic heterocycles. The van der Waals surface area contributed by atoms with Crippen LogP contribution in [0.1, 0.15) is 0 Å². The molecule has 0 fully saturated rings. The quantitative estimate of drug-likeness (QED) is 0.356. The molecule has 0 heterocycles. The molecule has 4 radical (unpaired) electrons. The molecule has 0 saturated carbocycles. The van der Waals surface area contributed by atoms with Gasteiger partial charge in [-0.15, -0.1) is 0 Å². The largest absolute Gasteiger partial charge is 2.00 e. The summed E-state index contributed by atoms with van der Waals surface area (Å²) in [6, 6.07) is 0. The number of nitrogens with two attached hydrogens (primary N) is 1. The molecule has 0 spiro atoms. The monoisotopic (exact) mass is 314 g/mol. The van der Waals surface area contributed by atoms with Crippen LogP contribution >= 0.6 is 0 Å². The van der Waals surface area contributed by atoms with Crippen LogP contribution in [0.15, 0.2) is 0 Å². The Labute approximate surface area is 63.6 Å². The minimum atomic E-state index is 0. The molecule has 2 nitrogen and oxygen atoms in total. The van der Waals surface area contributed by atoms with E-state index in [1.807, 2.05) is 0 Å². The molecular formula is CH2N2PbZn+2. The van der Waals surface area contributed by atoms with E-state index < -0.39 is 0 Å². The van der Waals surface area contributed by atoms with Crippen LogP contribution in [0.4, 0.5) is 0 Å². The average molecular weight is 315 g/mol. The first-order valence-electron chi connectivity index (χ1n) is 0.512. The van der Waals surface area contributed by atoms with E-state index in [4.69, 9.17) is 5.26 Å². The normalized spacial score (nSPS) is 1.40. The van der Waals surface area contributed by atoms with E-state index in [2.05, 4.69) is 5.73 Å². The van der Waals surface area contributed by atoms with Crippen molar-refractivity contribution in [1.29, 1.82) is 5.26 Å². The van der Waals surface area contributed by atoms with Crippen molar-refractivity contribution in [2.45, 2.75) is 0 Å². The number of hydrogen-bond donors (Lipinski definition) is 1. The summed E-state index contributed by atoms with van der Waals surface area (Å²) in [5.74, 6) is 0. The Morgan fingerprint density at radius 1 is 1.60 bits per heavy atom. The van der Waals surface area contributed by atoms with Gasteiger partial charge in [-0.2, -0.15) is 5.26 Å². The van der Waals surface area contributed by atoms with Crippen molar-refractivity contribution in [1.82, 2.24) is 0 Å². The molecule has 0 unspecified atom stereocenters. The Kier molecular flexibility index (Phi) is 71.7. The van der Waals surface area contributed by atoms with Gasteiger partial charge in [0.15, 0.2) is 6.19 Å². The summed E-state index contributed by atoms with van der Waals surface area (Å²) in [5, 5.41) is 7.10. The van der Waals surface area contributed by atoms with Crippen molar-refractivity contribution in [2.24, 2.45) is 5.73 Å².